The number of fused-ring (bicyclic) bond motifs is 1. The van der Waals surface area contributed by atoms with Crippen LogP contribution in [0.5, 0.6) is 11.5 Å². The van der Waals surface area contributed by atoms with Crippen LogP contribution in [0.4, 0.5) is 4.39 Å². The number of allylic oxidation sites excluding steroid dienone is 1. The monoisotopic (exact) mass is 594 g/mol. The van der Waals surface area contributed by atoms with Gasteiger partial charge in [0.25, 0.3) is 0 Å². The van der Waals surface area contributed by atoms with Crippen LogP contribution in [0.2, 0.25) is 0 Å². The third-order valence-electron chi connectivity index (χ3n) is 5.29. The van der Waals surface area contributed by atoms with Gasteiger partial charge < -0.3 is 19.1 Å². The Hall–Kier alpha value is -2.53. The zero-order valence-corrected chi connectivity index (χ0v) is 22.0. The minimum Gasteiger partial charge on any atom is -0.490 e. The third kappa shape index (κ3) is 4.95. The second-order valence-electron chi connectivity index (χ2n) is 7.47. The number of ether oxygens (including phenoxy) is 3. The van der Waals surface area contributed by atoms with Gasteiger partial charge in [0, 0.05) is 11.8 Å². The van der Waals surface area contributed by atoms with Crippen LogP contribution in [0, 0.1) is 9.39 Å². The maximum absolute atomic E-state index is 14.1. The van der Waals surface area contributed by atoms with Crippen LogP contribution in [0.15, 0.2) is 64.3 Å². The fourth-order valence-corrected chi connectivity index (χ4v) is 5.38. The molecule has 2 aromatic carbocycles. The number of amidine groups is 1. The molecule has 0 fully saturated rings. The van der Waals surface area contributed by atoms with E-state index in [9.17, 15) is 9.18 Å². The average Bonchev–Trinajstić information content (AvgIpc) is 3.26. The molecule has 4 rings (SSSR count). The summed E-state index contributed by atoms with van der Waals surface area (Å²) in [6, 6.07) is 9.92. The molecule has 2 aliphatic heterocycles. The van der Waals surface area contributed by atoms with Crippen molar-refractivity contribution in [1.29, 1.82) is 0 Å². The van der Waals surface area contributed by atoms with Crippen molar-refractivity contribution < 1.29 is 23.4 Å². The van der Waals surface area contributed by atoms with Gasteiger partial charge in [-0.3, -0.25) is 0 Å². The second kappa shape index (κ2) is 10.8. The molecule has 1 atom stereocenters. The predicted molar refractivity (Wildman–Crippen MR) is 139 cm³/mol. The summed E-state index contributed by atoms with van der Waals surface area (Å²) in [7, 11) is 0. The van der Waals surface area contributed by atoms with E-state index in [0.29, 0.717) is 34.9 Å². The topological polar surface area (TPSA) is 60.4 Å². The summed E-state index contributed by atoms with van der Waals surface area (Å²) in [6.45, 7) is 6.26. The molecule has 0 amide bonds. The van der Waals surface area contributed by atoms with Crippen molar-refractivity contribution in [3.63, 3.8) is 0 Å². The third-order valence-corrected chi connectivity index (χ3v) is 6.87. The summed E-state index contributed by atoms with van der Waals surface area (Å²) in [5.41, 5.74) is 2.41. The van der Waals surface area contributed by atoms with Crippen LogP contribution in [-0.2, 0) is 16.1 Å². The van der Waals surface area contributed by atoms with Crippen molar-refractivity contribution in [2.24, 2.45) is 4.99 Å². The van der Waals surface area contributed by atoms with Crippen LogP contribution in [0.3, 0.4) is 0 Å². The van der Waals surface area contributed by atoms with E-state index in [1.54, 1.807) is 25.1 Å². The number of nitrogens with zero attached hydrogens (tertiary/aromatic N) is 2. The normalized spacial score (nSPS) is 16.9. The molecule has 0 bridgehead atoms. The van der Waals surface area contributed by atoms with Gasteiger partial charge in [-0.25, -0.2) is 14.2 Å². The highest BCUT2D eigenvalue weighted by Gasteiger charge is 2.38. The van der Waals surface area contributed by atoms with Gasteiger partial charge in [0.1, 0.15) is 12.4 Å². The van der Waals surface area contributed by atoms with E-state index < -0.39 is 12.0 Å². The number of rotatable bonds is 8. The summed E-state index contributed by atoms with van der Waals surface area (Å²) in [6.07, 6.45) is 1.91. The molecule has 0 aromatic heterocycles. The number of halogens is 2. The van der Waals surface area contributed by atoms with E-state index in [4.69, 9.17) is 14.2 Å². The zero-order chi connectivity index (χ0) is 24.2. The summed E-state index contributed by atoms with van der Waals surface area (Å²) < 4.78 is 32.2. The van der Waals surface area contributed by atoms with Crippen molar-refractivity contribution in [2.45, 2.75) is 33.4 Å². The van der Waals surface area contributed by atoms with Crippen LogP contribution < -0.4 is 9.47 Å². The number of carbonyl (C=O) groups excluding carboxylic acids is 1. The number of hydrogen-bond donors (Lipinski definition) is 0. The summed E-state index contributed by atoms with van der Waals surface area (Å²) in [5.74, 6) is 0.343. The molecule has 0 radical (unpaired) electrons. The number of esters is 1. The van der Waals surface area contributed by atoms with Crippen LogP contribution in [0.25, 0.3) is 0 Å². The van der Waals surface area contributed by atoms with Gasteiger partial charge in [-0.1, -0.05) is 30.0 Å². The largest absolute Gasteiger partial charge is 0.490 e. The van der Waals surface area contributed by atoms with E-state index in [1.165, 1.54) is 17.8 Å². The first-order chi connectivity index (χ1) is 16.4. The Bertz CT molecular complexity index is 1200. The van der Waals surface area contributed by atoms with Crippen molar-refractivity contribution in [1.82, 2.24) is 4.90 Å². The molecular formula is C25H24FIN2O4S. The Kier molecular flexibility index (Phi) is 7.82. The number of thioether (sulfide) groups is 1. The van der Waals surface area contributed by atoms with Crippen LogP contribution in [0.1, 0.15) is 37.9 Å². The van der Waals surface area contributed by atoms with E-state index in [1.807, 2.05) is 42.5 Å². The Morgan fingerprint density at radius 3 is 2.74 bits per heavy atom. The SMILES string of the molecule is CCOC(=O)C1=C(C)N=C2SC=CN2[C@@H]1c1cc(I)c(OCc2ccccc2F)c(OCC)c1. The molecule has 2 aliphatic rings. The molecule has 2 aromatic rings. The molecule has 2 heterocycles. The van der Waals surface area contributed by atoms with Crippen LogP contribution in [-0.4, -0.2) is 29.3 Å². The summed E-state index contributed by atoms with van der Waals surface area (Å²) in [5, 5.41) is 2.73. The van der Waals surface area contributed by atoms with E-state index >= 15 is 0 Å². The first-order valence-electron chi connectivity index (χ1n) is 10.8. The maximum atomic E-state index is 14.1. The Balaban J connectivity index is 1.74. The first kappa shape index (κ1) is 24.6. The van der Waals surface area contributed by atoms with Gasteiger partial charge >= 0.3 is 5.97 Å². The molecule has 0 saturated heterocycles. The Labute approximate surface area is 216 Å². The highest BCUT2D eigenvalue weighted by molar-refractivity contribution is 14.1. The minimum atomic E-state index is -0.425. The molecular weight excluding hydrogens is 570 g/mol. The lowest BCUT2D eigenvalue weighted by Crippen LogP contribution is -2.34. The summed E-state index contributed by atoms with van der Waals surface area (Å²) in [4.78, 5) is 19.5. The lowest BCUT2D eigenvalue weighted by molar-refractivity contribution is -0.139. The number of aliphatic imine (C=N–C) groups is 1. The predicted octanol–water partition coefficient (Wildman–Crippen LogP) is 6.18. The molecule has 0 saturated carbocycles. The molecule has 0 unspecified atom stereocenters. The minimum absolute atomic E-state index is 0.0704. The number of hydrogen-bond acceptors (Lipinski definition) is 7. The first-order valence-corrected chi connectivity index (χ1v) is 12.8. The van der Waals surface area contributed by atoms with E-state index in [-0.39, 0.29) is 19.0 Å². The highest BCUT2D eigenvalue weighted by atomic mass is 127. The highest BCUT2D eigenvalue weighted by Crippen LogP contribution is 2.44. The lowest BCUT2D eigenvalue weighted by atomic mass is 9.94. The van der Waals surface area contributed by atoms with Gasteiger partial charge in [0.2, 0.25) is 0 Å². The van der Waals surface area contributed by atoms with Gasteiger partial charge in [-0.05, 0) is 72.5 Å². The maximum Gasteiger partial charge on any atom is 0.338 e. The van der Waals surface area contributed by atoms with Crippen molar-refractivity contribution in [2.75, 3.05) is 13.2 Å². The second-order valence-corrected chi connectivity index (χ2v) is 9.51. The Morgan fingerprint density at radius 1 is 1.21 bits per heavy atom. The quantitative estimate of drug-likeness (QED) is 0.269. The summed E-state index contributed by atoms with van der Waals surface area (Å²) >= 11 is 3.68. The molecule has 34 heavy (non-hydrogen) atoms. The van der Waals surface area contributed by atoms with Gasteiger partial charge in [-0.15, -0.1) is 0 Å². The van der Waals surface area contributed by atoms with Gasteiger partial charge in [-0.2, -0.15) is 0 Å². The van der Waals surface area contributed by atoms with Crippen LogP contribution >= 0.6 is 34.4 Å². The smallest absolute Gasteiger partial charge is 0.338 e. The molecule has 0 N–H and O–H groups in total. The van der Waals surface area contributed by atoms with E-state index in [0.717, 1.165) is 14.3 Å². The fourth-order valence-electron chi connectivity index (χ4n) is 3.81. The van der Waals surface area contributed by atoms with Gasteiger partial charge in [0.05, 0.1) is 34.1 Å². The number of benzene rings is 2. The standard InChI is InChI=1S/C25H24FIN2O4S/c1-4-31-20-13-17(12-19(27)23(20)33-14-16-8-6-7-9-18(16)26)22-21(24(30)32-5-2)15(3)28-25-29(22)10-11-34-25/h6-13,22H,4-5,14H2,1-3H3/t22-/m1/s1. The zero-order valence-electron chi connectivity index (χ0n) is 19.0. The molecule has 0 spiro atoms. The van der Waals surface area contributed by atoms with Crippen molar-refractivity contribution >= 4 is 45.5 Å². The fraction of sp³-hybridized carbons (Fsp3) is 0.280. The molecule has 0 aliphatic carbocycles. The number of carbonyl (C=O) groups is 1. The molecule has 9 heteroatoms. The van der Waals surface area contributed by atoms with Gasteiger partial charge in [0.15, 0.2) is 16.7 Å². The van der Waals surface area contributed by atoms with Crippen molar-refractivity contribution in [3.05, 3.63) is 79.8 Å². The molecule has 6 nitrogen and oxygen atoms in total. The van der Waals surface area contributed by atoms with Crippen molar-refractivity contribution in [3.8, 4) is 11.5 Å². The van der Waals surface area contributed by atoms with E-state index in [2.05, 4.69) is 27.6 Å². The Morgan fingerprint density at radius 2 is 2.00 bits per heavy atom. The molecule has 178 valence electrons. The average molecular weight is 594 g/mol. The lowest BCUT2D eigenvalue weighted by Gasteiger charge is -2.33.